The van der Waals surface area contributed by atoms with Crippen LogP contribution < -0.4 is 16.6 Å². The zero-order valence-corrected chi connectivity index (χ0v) is 6.55. The summed E-state index contributed by atoms with van der Waals surface area (Å²) in [6.45, 7) is 3.91. The van der Waals surface area contributed by atoms with Gasteiger partial charge in [-0.15, -0.1) is 0 Å². The molecule has 0 radical (unpaired) electrons. The number of hydrazine groups is 1. The normalized spacial score (nSPS) is 21.5. The number of aromatic nitrogens is 2. The van der Waals surface area contributed by atoms with E-state index >= 15 is 0 Å². The van der Waals surface area contributed by atoms with Crippen LogP contribution in [0, 0.1) is 6.92 Å². The highest BCUT2D eigenvalue weighted by molar-refractivity contribution is 5.65. The molecule has 0 amide bonds. The van der Waals surface area contributed by atoms with Crippen molar-refractivity contribution in [2.24, 2.45) is 0 Å². The van der Waals surface area contributed by atoms with Crippen molar-refractivity contribution in [1.29, 1.82) is 0 Å². The van der Waals surface area contributed by atoms with Crippen molar-refractivity contribution in [2.45, 2.75) is 20.0 Å². The van der Waals surface area contributed by atoms with E-state index in [4.69, 9.17) is 5.73 Å². The van der Waals surface area contributed by atoms with Crippen LogP contribution in [0.15, 0.2) is 0 Å². The Kier molecular flexibility index (Phi) is 1.11. The van der Waals surface area contributed by atoms with Crippen LogP contribution in [0.3, 0.4) is 0 Å². The Morgan fingerprint density at radius 2 is 2.36 bits per heavy atom. The number of nitrogens with one attached hydrogen (secondary N) is 2. The molecule has 11 heavy (non-hydrogen) atoms. The number of aryl methyl sites for hydroxylation is 1. The van der Waals surface area contributed by atoms with E-state index in [0.29, 0.717) is 0 Å². The highest BCUT2D eigenvalue weighted by Crippen LogP contribution is 2.27. The highest BCUT2D eigenvalue weighted by Gasteiger charge is 2.21. The Balaban J connectivity index is 2.57. The van der Waals surface area contributed by atoms with Gasteiger partial charge in [-0.3, -0.25) is 0 Å². The first-order valence-electron chi connectivity index (χ1n) is 3.56. The fourth-order valence-corrected chi connectivity index (χ4v) is 1.20. The summed E-state index contributed by atoms with van der Waals surface area (Å²) in [6.07, 6.45) is 0.181. The molecule has 1 aliphatic heterocycles. The maximum absolute atomic E-state index is 5.73. The van der Waals surface area contributed by atoms with Gasteiger partial charge in [0.2, 0.25) is 0 Å². The number of nitrogens with two attached hydrogens (primary N) is 1. The van der Waals surface area contributed by atoms with Crippen LogP contribution in [-0.4, -0.2) is 9.78 Å². The molecule has 0 spiro atoms. The standard InChI is InChI=1S/C6H11N5/c1-3-5(7)6-9-8-4(2)11(6)10-3/h4,8-9H,7H2,1-2H3. The van der Waals surface area contributed by atoms with Crippen molar-refractivity contribution in [3.63, 3.8) is 0 Å². The number of fused-ring (bicyclic) bond motifs is 1. The molecule has 0 aromatic carbocycles. The van der Waals surface area contributed by atoms with E-state index in [1.165, 1.54) is 0 Å². The monoisotopic (exact) mass is 153 g/mol. The second kappa shape index (κ2) is 1.88. The second-order valence-corrected chi connectivity index (χ2v) is 2.74. The van der Waals surface area contributed by atoms with Crippen molar-refractivity contribution >= 4 is 11.5 Å². The van der Waals surface area contributed by atoms with E-state index in [9.17, 15) is 0 Å². The lowest BCUT2D eigenvalue weighted by Crippen LogP contribution is -2.19. The van der Waals surface area contributed by atoms with E-state index in [2.05, 4.69) is 16.0 Å². The Hall–Kier alpha value is -1.23. The second-order valence-electron chi connectivity index (χ2n) is 2.74. The molecule has 60 valence electrons. The lowest BCUT2D eigenvalue weighted by molar-refractivity contribution is 0.481. The minimum atomic E-state index is 0.181. The molecule has 1 unspecified atom stereocenters. The molecular weight excluding hydrogens is 142 g/mol. The molecule has 1 aliphatic rings. The number of hydrogen-bond acceptors (Lipinski definition) is 4. The Morgan fingerprint density at radius 3 is 3.00 bits per heavy atom. The average molecular weight is 153 g/mol. The van der Waals surface area contributed by atoms with Crippen molar-refractivity contribution in [2.75, 3.05) is 11.2 Å². The van der Waals surface area contributed by atoms with E-state index in [-0.39, 0.29) is 6.17 Å². The van der Waals surface area contributed by atoms with Gasteiger partial charge in [0.25, 0.3) is 0 Å². The molecular formula is C6H11N5. The van der Waals surface area contributed by atoms with Gasteiger partial charge in [0.15, 0.2) is 5.82 Å². The van der Waals surface area contributed by atoms with Crippen molar-refractivity contribution in [1.82, 2.24) is 15.2 Å². The SMILES string of the molecule is Cc1nn2c(c1N)NNC2C. The third kappa shape index (κ3) is 0.711. The molecule has 1 aromatic rings. The van der Waals surface area contributed by atoms with E-state index in [0.717, 1.165) is 17.2 Å². The predicted octanol–water partition coefficient (Wildman–Crippen LogP) is 0.222. The number of nitrogen functional groups attached to an aromatic ring is 1. The Labute approximate surface area is 64.5 Å². The van der Waals surface area contributed by atoms with Crippen molar-refractivity contribution in [3.8, 4) is 0 Å². The molecule has 2 rings (SSSR count). The summed E-state index contributed by atoms with van der Waals surface area (Å²) < 4.78 is 1.84. The van der Waals surface area contributed by atoms with E-state index in [1.807, 2.05) is 18.5 Å². The van der Waals surface area contributed by atoms with Crippen LogP contribution >= 0.6 is 0 Å². The first kappa shape index (κ1) is 6.48. The van der Waals surface area contributed by atoms with Gasteiger partial charge in [0, 0.05) is 0 Å². The van der Waals surface area contributed by atoms with Gasteiger partial charge in [-0.05, 0) is 13.8 Å². The first-order chi connectivity index (χ1) is 5.20. The Bertz CT molecular complexity index is 289. The van der Waals surface area contributed by atoms with Crippen LogP contribution in [0.4, 0.5) is 11.5 Å². The lowest BCUT2D eigenvalue weighted by Gasteiger charge is -2.01. The molecule has 0 saturated heterocycles. The van der Waals surface area contributed by atoms with Crippen molar-refractivity contribution in [3.05, 3.63) is 5.69 Å². The average Bonchev–Trinajstić information content (AvgIpc) is 2.43. The molecule has 4 N–H and O–H groups in total. The van der Waals surface area contributed by atoms with Crippen LogP contribution in [-0.2, 0) is 0 Å². The number of nitrogens with zero attached hydrogens (tertiary/aromatic N) is 2. The van der Waals surface area contributed by atoms with Crippen LogP contribution in [0.1, 0.15) is 18.8 Å². The van der Waals surface area contributed by atoms with Gasteiger partial charge < -0.3 is 11.2 Å². The zero-order valence-electron chi connectivity index (χ0n) is 6.55. The summed E-state index contributed by atoms with van der Waals surface area (Å²) in [6, 6.07) is 0. The fraction of sp³-hybridized carbons (Fsp3) is 0.500. The minimum absolute atomic E-state index is 0.181. The fourth-order valence-electron chi connectivity index (χ4n) is 1.20. The molecule has 5 nitrogen and oxygen atoms in total. The largest absolute Gasteiger partial charge is 0.394 e. The van der Waals surface area contributed by atoms with E-state index in [1.54, 1.807) is 0 Å². The molecule has 5 heteroatoms. The summed E-state index contributed by atoms with van der Waals surface area (Å²) in [4.78, 5) is 0. The molecule has 0 saturated carbocycles. The van der Waals surface area contributed by atoms with Gasteiger partial charge in [-0.1, -0.05) is 0 Å². The quantitative estimate of drug-likeness (QED) is 0.499. The summed E-state index contributed by atoms with van der Waals surface area (Å²) in [5.41, 5.74) is 13.3. The first-order valence-corrected chi connectivity index (χ1v) is 3.56. The predicted molar refractivity (Wildman–Crippen MR) is 42.8 cm³/mol. The van der Waals surface area contributed by atoms with Gasteiger partial charge in [-0.2, -0.15) is 5.10 Å². The zero-order chi connectivity index (χ0) is 8.01. The molecule has 2 heterocycles. The maximum Gasteiger partial charge on any atom is 0.164 e. The lowest BCUT2D eigenvalue weighted by atomic mass is 10.4. The van der Waals surface area contributed by atoms with Crippen LogP contribution in [0.5, 0.6) is 0 Å². The highest BCUT2D eigenvalue weighted by atomic mass is 15.6. The van der Waals surface area contributed by atoms with E-state index < -0.39 is 0 Å². The third-order valence-corrected chi connectivity index (χ3v) is 1.90. The number of anilines is 2. The molecule has 1 atom stereocenters. The summed E-state index contributed by atoms with van der Waals surface area (Å²) >= 11 is 0. The van der Waals surface area contributed by atoms with Gasteiger partial charge >= 0.3 is 0 Å². The number of hydrogen-bond donors (Lipinski definition) is 3. The summed E-state index contributed by atoms with van der Waals surface area (Å²) in [5, 5.41) is 4.24. The van der Waals surface area contributed by atoms with Gasteiger partial charge in [-0.25, -0.2) is 10.1 Å². The molecule has 1 aromatic heterocycles. The summed E-state index contributed by atoms with van der Waals surface area (Å²) in [7, 11) is 0. The van der Waals surface area contributed by atoms with Crippen LogP contribution in [0.2, 0.25) is 0 Å². The minimum Gasteiger partial charge on any atom is -0.394 e. The van der Waals surface area contributed by atoms with Crippen LogP contribution in [0.25, 0.3) is 0 Å². The Morgan fingerprint density at radius 1 is 1.64 bits per heavy atom. The van der Waals surface area contributed by atoms with Gasteiger partial charge in [0.1, 0.15) is 6.17 Å². The van der Waals surface area contributed by atoms with Crippen molar-refractivity contribution < 1.29 is 0 Å². The molecule has 0 bridgehead atoms. The third-order valence-electron chi connectivity index (χ3n) is 1.90. The topological polar surface area (TPSA) is 67.9 Å². The number of rotatable bonds is 0. The van der Waals surface area contributed by atoms with Gasteiger partial charge in [0.05, 0.1) is 11.4 Å². The molecule has 0 fully saturated rings. The summed E-state index contributed by atoms with van der Waals surface area (Å²) in [5.74, 6) is 0.870. The smallest absolute Gasteiger partial charge is 0.164 e. The molecule has 0 aliphatic carbocycles. The maximum atomic E-state index is 5.73.